The predicted molar refractivity (Wildman–Crippen MR) is 112 cm³/mol. The van der Waals surface area contributed by atoms with Crippen LogP contribution in [-0.4, -0.2) is 24.0 Å². The van der Waals surface area contributed by atoms with E-state index in [2.05, 4.69) is 15.6 Å². The van der Waals surface area contributed by atoms with E-state index in [1.807, 2.05) is 0 Å². The number of amides is 1. The van der Waals surface area contributed by atoms with Crippen molar-refractivity contribution in [1.82, 2.24) is 10.3 Å². The Kier molecular flexibility index (Phi) is 7.60. The zero-order valence-electron chi connectivity index (χ0n) is 15.9. The molecule has 10 heteroatoms. The number of alkyl halides is 3. The van der Waals surface area contributed by atoms with Crippen molar-refractivity contribution in [3.05, 3.63) is 48.2 Å². The zero-order valence-corrected chi connectivity index (χ0v) is 17.5. The predicted octanol–water partition coefficient (Wildman–Crippen LogP) is 5.06. The van der Waals surface area contributed by atoms with Gasteiger partial charge in [-0.15, -0.1) is 24.8 Å². The van der Waals surface area contributed by atoms with Crippen LogP contribution >= 0.6 is 24.8 Å². The molecule has 1 amide bonds. The van der Waals surface area contributed by atoms with Crippen molar-refractivity contribution in [2.75, 3.05) is 18.4 Å². The van der Waals surface area contributed by atoms with Crippen molar-refractivity contribution in [3.63, 3.8) is 0 Å². The summed E-state index contributed by atoms with van der Waals surface area (Å²) in [6.07, 6.45) is 0.0925. The molecule has 30 heavy (non-hydrogen) atoms. The normalized spacial score (nSPS) is 19.2. The van der Waals surface area contributed by atoms with Crippen molar-refractivity contribution in [2.24, 2.45) is 11.3 Å². The molecule has 2 aliphatic rings. The van der Waals surface area contributed by atoms with Gasteiger partial charge >= 0.3 is 6.18 Å². The number of halogens is 5. The van der Waals surface area contributed by atoms with E-state index in [0.29, 0.717) is 5.69 Å². The molecule has 1 aliphatic heterocycles. The van der Waals surface area contributed by atoms with Crippen LogP contribution in [0, 0.1) is 11.3 Å². The number of benzene rings is 1. The Morgan fingerprint density at radius 2 is 1.77 bits per heavy atom. The highest BCUT2D eigenvalue weighted by Crippen LogP contribution is 2.58. The molecule has 4 rings (SSSR count). The first kappa shape index (κ1) is 24.2. The van der Waals surface area contributed by atoms with Crippen molar-refractivity contribution >= 4 is 36.4 Å². The Morgan fingerprint density at radius 3 is 2.33 bits per heavy atom. The highest BCUT2D eigenvalue weighted by molar-refractivity contribution is 5.95. The fourth-order valence-electron chi connectivity index (χ4n) is 3.77. The maximum Gasteiger partial charge on any atom is 0.416 e. The fraction of sp³-hybridized carbons (Fsp3) is 0.400. The second-order valence-electron chi connectivity index (χ2n) is 7.37. The first-order valence-electron chi connectivity index (χ1n) is 9.19. The molecule has 2 heterocycles. The van der Waals surface area contributed by atoms with Crippen LogP contribution in [0.2, 0.25) is 0 Å². The molecule has 0 bridgehead atoms. The number of piperidine rings is 1. The summed E-state index contributed by atoms with van der Waals surface area (Å²) in [5.41, 5.74) is -0.00721. The van der Waals surface area contributed by atoms with Crippen LogP contribution in [0.25, 0.3) is 0 Å². The van der Waals surface area contributed by atoms with Gasteiger partial charge in [-0.3, -0.25) is 4.79 Å². The lowest BCUT2D eigenvalue weighted by Crippen LogP contribution is -2.31. The van der Waals surface area contributed by atoms with Gasteiger partial charge in [-0.2, -0.15) is 13.2 Å². The van der Waals surface area contributed by atoms with Gasteiger partial charge in [-0.1, -0.05) is 0 Å². The Balaban J connectivity index is 0.00000160. The number of rotatable bonds is 4. The number of nitrogens with zero attached hydrogens (tertiary/aromatic N) is 1. The average Bonchev–Trinajstić information content (AvgIpc) is 3.36. The number of ether oxygens (including phenoxy) is 1. The minimum Gasteiger partial charge on any atom is -0.439 e. The molecule has 2 aromatic rings. The average molecular weight is 464 g/mol. The van der Waals surface area contributed by atoms with Crippen LogP contribution in [0.5, 0.6) is 11.6 Å². The number of carbonyl (C=O) groups is 1. The quantitative estimate of drug-likeness (QED) is 0.664. The minimum atomic E-state index is -4.38. The van der Waals surface area contributed by atoms with E-state index in [1.165, 1.54) is 18.3 Å². The Hall–Kier alpha value is -2.03. The maximum atomic E-state index is 12.6. The van der Waals surface area contributed by atoms with Gasteiger partial charge in [0.2, 0.25) is 11.8 Å². The lowest BCUT2D eigenvalue weighted by Gasteiger charge is -2.23. The molecule has 5 nitrogen and oxygen atoms in total. The van der Waals surface area contributed by atoms with E-state index < -0.39 is 11.7 Å². The summed E-state index contributed by atoms with van der Waals surface area (Å²) in [4.78, 5) is 16.6. The molecule has 1 spiro atoms. The fourth-order valence-corrected chi connectivity index (χ4v) is 3.77. The van der Waals surface area contributed by atoms with Gasteiger partial charge in [-0.25, -0.2) is 4.98 Å². The third kappa shape index (κ3) is 5.36. The summed E-state index contributed by atoms with van der Waals surface area (Å²) in [6.45, 7) is 1.92. The molecule has 2 N–H and O–H groups in total. The highest BCUT2D eigenvalue weighted by atomic mass is 35.5. The number of hydrogen-bond donors (Lipinski definition) is 2. The van der Waals surface area contributed by atoms with E-state index >= 15 is 0 Å². The number of nitrogens with one attached hydrogen (secondary N) is 2. The van der Waals surface area contributed by atoms with Crippen molar-refractivity contribution < 1.29 is 22.7 Å². The van der Waals surface area contributed by atoms with E-state index in [9.17, 15) is 18.0 Å². The van der Waals surface area contributed by atoms with Crippen molar-refractivity contribution in [3.8, 4) is 11.6 Å². The Morgan fingerprint density at radius 1 is 1.10 bits per heavy atom. The molecule has 1 unspecified atom stereocenters. The Bertz CT molecular complexity index is 855. The number of pyridine rings is 1. The lowest BCUT2D eigenvalue weighted by molar-refractivity contribution is -0.137. The van der Waals surface area contributed by atoms with Crippen LogP contribution in [0.15, 0.2) is 42.6 Å². The van der Waals surface area contributed by atoms with Crippen LogP contribution < -0.4 is 15.4 Å². The molecule has 1 atom stereocenters. The van der Waals surface area contributed by atoms with Gasteiger partial charge < -0.3 is 15.4 Å². The number of anilines is 1. The van der Waals surface area contributed by atoms with Crippen molar-refractivity contribution in [1.29, 1.82) is 0 Å². The highest BCUT2D eigenvalue weighted by Gasteiger charge is 2.57. The summed E-state index contributed by atoms with van der Waals surface area (Å²) in [5, 5.41) is 6.20. The summed E-state index contributed by atoms with van der Waals surface area (Å²) in [5.74, 6) is 0.555. The minimum absolute atomic E-state index is 0. The van der Waals surface area contributed by atoms with Gasteiger partial charge in [0.05, 0.1) is 17.4 Å². The number of aromatic nitrogens is 1. The second kappa shape index (κ2) is 9.41. The van der Waals surface area contributed by atoms with Crippen LogP contribution in [0.3, 0.4) is 0 Å². The van der Waals surface area contributed by atoms with Crippen LogP contribution in [0.4, 0.5) is 18.9 Å². The standard InChI is InChI=1S/C20H20F3N3O2.2ClH/c21-20(22,23)13-1-4-15(5-2-13)28-17-6-3-14(12-25-17)26-18(27)16-11-19(16)7-9-24-10-8-19;;/h1-6,12,16,24H,7-11H2,(H,26,27);2*1H. The van der Waals surface area contributed by atoms with Crippen LogP contribution in [-0.2, 0) is 11.0 Å². The van der Waals surface area contributed by atoms with E-state index in [4.69, 9.17) is 4.74 Å². The van der Waals surface area contributed by atoms with Gasteiger partial charge in [0.15, 0.2) is 0 Å². The summed E-state index contributed by atoms with van der Waals surface area (Å²) < 4.78 is 43.2. The summed E-state index contributed by atoms with van der Waals surface area (Å²) in [7, 11) is 0. The van der Waals surface area contributed by atoms with Crippen LogP contribution in [0.1, 0.15) is 24.8 Å². The number of hydrogen-bond acceptors (Lipinski definition) is 4. The van der Waals surface area contributed by atoms with Crippen molar-refractivity contribution in [2.45, 2.75) is 25.4 Å². The molecule has 1 saturated heterocycles. The maximum absolute atomic E-state index is 12.6. The largest absolute Gasteiger partial charge is 0.439 e. The third-order valence-corrected chi connectivity index (χ3v) is 5.51. The van der Waals surface area contributed by atoms with E-state index in [1.54, 1.807) is 12.1 Å². The SMILES string of the molecule is Cl.Cl.O=C(Nc1ccc(Oc2ccc(C(F)(F)F)cc2)nc1)C1CC12CCNCC2. The number of carbonyl (C=O) groups excluding carboxylic acids is 1. The lowest BCUT2D eigenvalue weighted by atomic mass is 9.92. The first-order chi connectivity index (χ1) is 13.4. The molecule has 1 aromatic carbocycles. The molecule has 2 fully saturated rings. The zero-order chi connectivity index (χ0) is 19.8. The summed E-state index contributed by atoms with van der Waals surface area (Å²) >= 11 is 0. The molecule has 1 saturated carbocycles. The Labute approximate surface area is 184 Å². The monoisotopic (exact) mass is 463 g/mol. The topological polar surface area (TPSA) is 63.2 Å². The second-order valence-corrected chi connectivity index (χ2v) is 7.37. The van der Waals surface area contributed by atoms with Gasteiger partial charge in [0.25, 0.3) is 0 Å². The molecule has 0 radical (unpaired) electrons. The first-order valence-corrected chi connectivity index (χ1v) is 9.19. The summed E-state index contributed by atoms with van der Waals surface area (Å²) in [6, 6.07) is 7.63. The van der Waals surface area contributed by atoms with Gasteiger partial charge in [-0.05, 0) is 68.1 Å². The van der Waals surface area contributed by atoms with Gasteiger partial charge in [0.1, 0.15) is 5.75 Å². The third-order valence-electron chi connectivity index (χ3n) is 5.51. The molecular formula is C20H22Cl2F3N3O2. The van der Waals surface area contributed by atoms with E-state index in [0.717, 1.165) is 44.5 Å². The van der Waals surface area contributed by atoms with Gasteiger partial charge in [0, 0.05) is 12.0 Å². The molecular weight excluding hydrogens is 442 g/mol. The molecule has 164 valence electrons. The molecule has 1 aromatic heterocycles. The molecule has 1 aliphatic carbocycles. The van der Waals surface area contributed by atoms with E-state index in [-0.39, 0.29) is 53.7 Å². The smallest absolute Gasteiger partial charge is 0.416 e.